The van der Waals surface area contributed by atoms with E-state index in [2.05, 4.69) is 4.98 Å². The van der Waals surface area contributed by atoms with Crippen LogP contribution in [-0.2, 0) is 0 Å². The molecule has 0 aliphatic carbocycles. The predicted molar refractivity (Wildman–Crippen MR) is 93.4 cm³/mol. The highest BCUT2D eigenvalue weighted by molar-refractivity contribution is 6.02. The maximum atomic E-state index is 12.6. The van der Waals surface area contributed by atoms with Gasteiger partial charge in [-0.25, -0.2) is 4.79 Å². The molecule has 0 aliphatic heterocycles. The number of nitrogens with zero attached hydrogens (tertiary/aromatic N) is 1. The highest BCUT2D eigenvalue weighted by atomic mass is 16.3. The number of carbonyl (C=O) groups is 1. The lowest BCUT2D eigenvalue weighted by molar-refractivity contribution is 0.0747. The highest BCUT2D eigenvalue weighted by Crippen LogP contribution is 2.22. The number of aromatic nitrogens is 2. The zero-order valence-corrected chi connectivity index (χ0v) is 13.9. The summed E-state index contributed by atoms with van der Waals surface area (Å²) in [5.41, 5.74) is 3.05. The SMILES string of the molecule is Cc1cccc(C(O)C(=O)c2ccc3c(c2)[nH]c(=O)n3C(C)C)c1. The summed E-state index contributed by atoms with van der Waals surface area (Å²) in [6, 6.07) is 12.3. The van der Waals surface area contributed by atoms with Gasteiger partial charge in [0.05, 0.1) is 11.0 Å². The molecule has 0 bridgehead atoms. The summed E-state index contributed by atoms with van der Waals surface area (Å²) in [5, 5.41) is 10.4. The first kappa shape index (κ1) is 16.2. The van der Waals surface area contributed by atoms with E-state index in [1.807, 2.05) is 32.9 Å². The molecule has 24 heavy (non-hydrogen) atoms. The van der Waals surface area contributed by atoms with Crippen molar-refractivity contribution in [1.82, 2.24) is 9.55 Å². The third kappa shape index (κ3) is 2.78. The van der Waals surface area contributed by atoms with Crippen molar-refractivity contribution < 1.29 is 9.90 Å². The van der Waals surface area contributed by atoms with Gasteiger partial charge in [0, 0.05) is 11.6 Å². The van der Waals surface area contributed by atoms with Crippen molar-refractivity contribution in [2.75, 3.05) is 0 Å². The van der Waals surface area contributed by atoms with E-state index in [-0.39, 0.29) is 17.5 Å². The van der Waals surface area contributed by atoms with Crippen LogP contribution in [0.1, 0.15) is 47.5 Å². The van der Waals surface area contributed by atoms with Crippen LogP contribution >= 0.6 is 0 Å². The van der Waals surface area contributed by atoms with Gasteiger partial charge in [-0.05, 0) is 44.5 Å². The van der Waals surface area contributed by atoms with E-state index < -0.39 is 6.10 Å². The number of ketones is 1. The lowest BCUT2D eigenvalue weighted by atomic mass is 9.98. The third-order valence-electron chi connectivity index (χ3n) is 4.12. The number of aliphatic hydroxyl groups is 1. The number of H-pyrrole nitrogens is 1. The van der Waals surface area contributed by atoms with E-state index in [0.717, 1.165) is 11.1 Å². The second-order valence-electron chi connectivity index (χ2n) is 6.31. The van der Waals surface area contributed by atoms with Gasteiger partial charge < -0.3 is 10.1 Å². The summed E-state index contributed by atoms with van der Waals surface area (Å²) in [7, 11) is 0. The number of fused-ring (bicyclic) bond motifs is 1. The number of hydrogen-bond donors (Lipinski definition) is 2. The zero-order valence-electron chi connectivity index (χ0n) is 13.9. The van der Waals surface area contributed by atoms with Crippen LogP contribution < -0.4 is 5.69 Å². The first-order chi connectivity index (χ1) is 11.4. The van der Waals surface area contributed by atoms with Crippen molar-refractivity contribution in [3.8, 4) is 0 Å². The molecule has 0 radical (unpaired) electrons. The summed E-state index contributed by atoms with van der Waals surface area (Å²) in [5.74, 6) is -0.388. The maximum Gasteiger partial charge on any atom is 0.326 e. The molecule has 3 aromatic rings. The number of nitrogens with one attached hydrogen (secondary N) is 1. The van der Waals surface area contributed by atoms with Gasteiger partial charge in [-0.2, -0.15) is 0 Å². The Labute approximate surface area is 139 Å². The van der Waals surface area contributed by atoms with Gasteiger partial charge in [0.2, 0.25) is 0 Å². The number of hydrogen-bond acceptors (Lipinski definition) is 3. The molecule has 5 heteroatoms. The lowest BCUT2D eigenvalue weighted by Crippen LogP contribution is -2.18. The fourth-order valence-electron chi connectivity index (χ4n) is 2.95. The molecule has 0 saturated heterocycles. The standard InChI is InChI=1S/C19H20N2O3/c1-11(2)21-16-8-7-14(10-15(16)20-19(21)24)18(23)17(22)13-6-4-5-12(3)9-13/h4-11,17,22H,1-3H3,(H,20,24). The van der Waals surface area contributed by atoms with Crippen molar-refractivity contribution in [2.45, 2.75) is 32.9 Å². The summed E-state index contributed by atoms with van der Waals surface area (Å²) < 4.78 is 1.64. The molecule has 1 atom stereocenters. The van der Waals surface area contributed by atoms with Gasteiger partial charge in [0.1, 0.15) is 6.10 Å². The average molecular weight is 324 g/mol. The summed E-state index contributed by atoms with van der Waals surface area (Å²) in [6.07, 6.45) is -1.22. The van der Waals surface area contributed by atoms with Crippen LogP contribution in [0.15, 0.2) is 47.3 Å². The maximum absolute atomic E-state index is 12.6. The molecule has 3 rings (SSSR count). The molecule has 0 aliphatic rings. The molecular formula is C19H20N2O3. The van der Waals surface area contributed by atoms with Crippen LogP contribution in [-0.4, -0.2) is 20.4 Å². The lowest BCUT2D eigenvalue weighted by Gasteiger charge is -2.11. The number of aromatic amines is 1. The minimum Gasteiger partial charge on any atom is -0.380 e. The molecule has 0 spiro atoms. The van der Waals surface area contributed by atoms with E-state index >= 15 is 0 Å². The number of aliphatic hydroxyl groups excluding tert-OH is 1. The smallest absolute Gasteiger partial charge is 0.326 e. The van der Waals surface area contributed by atoms with E-state index in [4.69, 9.17) is 0 Å². The second-order valence-corrected chi connectivity index (χ2v) is 6.31. The van der Waals surface area contributed by atoms with E-state index in [0.29, 0.717) is 16.6 Å². The number of Topliss-reactive ketones (excluding diaryl/α,β-unsaturated/α-hetero) is 1. The normalized spacial score (nSPS) is 12.7. The molecule has 1 aromatic heterocycles. The van der Waals surface area contributed by atoms with Crippen LogP contribution in [0.5, 0.6) is 0 Å². The number of imidazole rings is 1. The Morgan fingerprint density at radius 2 is 1.92 bits per heavy atom. The van der Waals surface area contributed by atoms with Crippen LogP contribution in [0, 0.1) is 6.92 Å². The molecule has 1 unspecified atom stereocenters. The molecule has 0 saturated carbocycles. The van der Waals surface area contributed by atoms with Crippen molar-refractivity contribution in [3.63, 3.8) is 0 Å². The van der Waals surface area contributed by atoms with Gasteiger partial charge in [0.25, 0.3) is 0 Å². The van der Waals surface area contributed by atoms with Crippen molar-refractivity contribution >= 4 is 16.8 Å². The van der Waals surface area contributed by atoms with Gasteiger partial charge in [-0.3, -0.25) is 9.36 Å². The van der Waals surface area contributed by atoms with E-state index in [9.17, 15) is 14.7 Å². The second kappa shape index (κ2) is 6.09. The number of benzene rings is 2. The predicted octanol–water partition coefficient (Wildman–Crippen LogP) is 3.14. The van der Waals surface area contributed by atoms with Gasteiger partial charge in [-0.15, -0.1) is 0 Å². The minimum absolute atomic E-state index is 0.0192. The fourth-order valence-corrected chi connectivity index (χ4v) is 2.95. The van der Waals surface area contributed by atoms with Crippen molar-refractivity contribution in [1.29, 1.82) is 0 Å². The van der Waals surface area contributed by atoms with Crippen molar-refractivity contribution in [3.05, 3.63) is 69.6 Å². The monoisotopic (exact) mass is 324 g/mol. The Balaban J connectivity index is 2.00. The fraction of sp³-hybridized carbons (Fsp3) is 0.263. The molecule has 0 fully saturated rings. The number of rotatable bonds is 4. The Morgan fingerprint density at radius 3 is 2.58 bits per heavy atom. The van der Waals surface area contributed by atoms with Gasteiger partial charge in [-0.1, -0.05) is 29.8 Å². The average Bonchev–Trinajstić information content (AvgIpc) is 2.88. The molecule has 2 N–H and O–H groups in total. The Bertz CT molecular complexity index is 966. The summed E-state index contributed by atoms with van der Waals surface area (Å²) in [4.78, 5) is 27.4. The van der Waals surface area contributed by atoms with E-state index in [1.54, 1.807) is 34.9 Å². The Morgan fingerprint density at radius 1 is 1.17 bits per heavy atom. The molecule has 2 aromatic carbocycles. The summed E-state index contributed by atoms with van der Waals surface area (Å²) in [6.45, 7) is 5.76. The van der Waals surface area contributed by atoms with Crippen molar-refractivity contribution in [2.24, 2.45) is 0 Å². The molecule has 5 nitrogen and oxygen atoms in total. The summed E-state index contributed by atoms with van der Waals surface area (Å²) >= 11 is 0. The molecular weight excluding hydrogens is 304 g/mol. The zero-order chi connectivity index (χ0) is 17.4. The topological polar surface area (TPSA) is 75.1 Å². The molecule has 124 valence electrons. The van der Waals surface area contributed by atoms with Crippen LogP contribution in [0.3, 0.4) is 0 Å². The Kier molecular flexibility index (Phi) is 4.11. The highest BCUT2D eigenvalue weighted by Gasteiger charge is 2.20. The minimum atomic E-state index is -1.22. The van der Waals surface area contributed by atoms with Crippen LogP contribution in [0.2, 0.25) is 0 Å². The van der Waals surface area contributed by atoms with E-state index in [1.165, 1.54) is 0 Å². The third-order valence-corrected chi connectivity index (χ3v) is 4.12. The Hall–Kier alpha value is -2.66. The first-order valence-corrected chi connectivity index (χ1v) is 7.91. The molecule has 1 heterocycles. The van der Waals surface area contributed by atoms with Gasteiger partial charge in [0.15, 0.2) is 5.78 Å². The van der Waals surface area contributed by atoms with Crippen LogP contribution in [0.4, 0.5) is 0 Å². The van der Waals surface area contributed by atoms with Crippen LogP contribution in [0.25, 0.3) is 11.0 Å². The molecule has 0 amide bonds. The van der Waals surface area contributed by atoms with Gasteiger partial charge >= 0.3 is 5.69 Å². The number of aryl methyl sites for hydroxylation is 1. The first-order valence-electron chi connectivity index (χ1n) is 7.91. The quantitative estimate of drug-likeness (QED) is 0.724. The largest absolute Gasteiger partial charge is 0.380 e. The number of carbonyl (C=O) groups excluding carboxylic acids is 1.